The third-order valence-electron chi connectivity index (χ3n) is 4.55. The van der Waals surface area contributed by atoms with Crippen molar-refractivity contribution in [3.8, 4) is 5.75 Å². The van der Waals surface area contributed by atoms with Gasteiger partial charge < -0.3 is 10.1 Å². The number of nitrogens with zero attached hydrogens (tertiary/aromatic N) is 2. The molecular formula is C18H23N3O2S. The van der Waals surface area contributed by atoms with E-state index in [1.165, 1.54) is 23.8 Å². The van der Waals surface area contributed by atoms with Crippen LogP contribution in [0.4, 0.5) is 5.13 Å². The Kier molecular flexibility index (Phi) is 5.16. The van der Waals surface area contributed by atoms with Gasteiger partial charge in [0, 0.05) is 24.9 Å². The van der Waals surface area contributed by atoms with E-state index in [1.807, 2.05) is 11.4 Å². The third kappa shape index (κ3) is 3.94. The van der Waals surface area contributed by atoms with E-state index in [-0.39, 0.29) is 5.91 Å². The first-order valence-electron chi connectivity index (χ1n) is 8.11. The number of thiazole rings is 1. The number of carbonyl (C=O) groups excluding carboxylic acids is 1. The van der Waals surface area contributed by atoms with Crippen LogP contribution in [0, 0.1) is 0 Å². The van der Waals surface area contributed by atoms with Crippen LogP contribution < -0.4 is 10.1 Å². The fraction of sp³-hybridized carbons (Fsp3) is 0.444. The zero-order valence-corrected chi connectivity index (χ0v) is 15.1. The van der Waals surface area contributed by atoms with Gasteiger partial charge in [0.1, 0.15) is 5.75 Å². The maximum absolute atomic E-state index is 11.1. The standard InChI is InChI=1S/C18H23N3O2S/c1-12(22)19-18-20-15(11-24-18)10-21(2)16-7-14(8-16)13-5-4-6-17(9-13)23-3/h4-6,9,11,14,16H,7-8,10H2,1-3H3,(H,19,20,22). The second kappa shape index (κ2) is 7.32. The van der Waals surface area contributed by atoms with Gasteiger partial charge in [0.15, 0.2) is 5.13 Å². The molecule has 1 heterocycles. The molecule has 6 heteroatoms. The smallest absolute Gasteiger partial charge is 0.223 e. The largest absolute Gasteiger partial charge is 0.497 e. The fourth-order valence-corrected chi connectivity index (χ4v) is 3.84. The molecule has 2 aromatic rings. The lowest BCUT2D eigenvalue weighted by molar-refractivity contribution is -0.114. The summed E-state index contributed by atoms with van der Waals surface area (Å²) in [5, 5.41) is 5.42. The van der Waals surface area contributed by atoms with Gasteiger partial charge in [-0.1, -0.05) is 12.1 Å². The van der Waals surface area contributed by atoms with Gasteiger partial charge in [-0.3, -0.25) is 9.69 Å². The lowest BCUT2D eigenvalue weighted by Crippen LogP contribution is -2.41. The van der Waals surface area contributed by atoms with E-state index < -0.39 is 0 Å². The molecule has 1 N–H and O–H groups in total. The van der Waals surface area contributed by atoms with E-state index >= 15 is 0 Å². The quantitative estimate of drug-likeness (QED) is 0.871. The van der Waals surface area contributed by atoms with Crippen LogP contribution in [0.1, 0.15) is 36.9 Å². The van der Waals surface area contributed by atoms with Gasteiger partial charge in [-0.15, -0.1) is 11.3 Å². The summed E-state index contributed by atoms with van der Waals surface area (Å²) in [5.74, 6) is 1.46. The van der Waals surface area contributed by atoms with Crippen molar-refractivity contribution in [1.29, 1.82) is 0 Å². The predicted molar refractivity (Wildman–Crippen MR) is 96.6 cm³/mol. The number of aromatic nitrogens is 1. The Bertz CT molecular complexity index is 710. The lowest BCUT2D eigenvalue weighted by Gasteiger charge is -2.41. The number of benzene rings is 1. The molecule has 1 fully saturated rings. The average molecular weight is 345 g/mol. The minimum Gasteiger partial charge on any atom is -0.497 e. The normalized spacial score (nSPS) is 19.8. The molecule has 0 unspecified atom stereocenters. The minimum atomic E-state index is -0.0793. The Labute approximate surface area is 146 Å². The Hall–Kier alpha value is -1.92. The van der Waals surface area contributed by atoms with Gasteiger partial charge in [0.05, 0.1) is 12.8 Å². The first-order chi connectivity index (χ1) is 11.5. The fourth-order valence-electron chi connectivity index (χ4n) is 3.09. The lowest BCUT2D eigenvalue weighted by atomic mass is 9.75. The van der Waals surface area contributed by atoms with Crippen molar-refractivity contribution >= 4 is 22.4 Å². The van der Waals surface area contributed by atoms with Crippen LogP contribution in [-0.2, 0) is 11.3 Å². The maximum atomic E-state index is 11.1. The Balaban J connectivity index is 1.51. The summed E-state index contributed by atoms with van der Waals surface area (Å²) in [4.78, 5) is 17.9. The Morgan fingerprint density at radius 2 is 2.25 bits per heavy atom. The number of methoxy groups -OCH3 is 1. The number of anilines is 1. The maximum Gasteiger partial charge on any atom is 0.223 e. The highest BCUT2D eigenvalue weighted by Gasteiger charge is 2.33. The molecule has 1 aromatic carbocycles. The van der Waals surface area contributed by atoms with Crippen LogP contribution in [-0.4, -0.2) is 36.0 Å². The molecule has 1 aliphatic rings. The Morgan fingerprint density at radius 1 is 1.46 bits per heavy atom. The zero-order valence-electron chi connectivity index (χ0n) is 14.3. The van der Waals surface area contributed by atoms with Crippen molar-refractivity contribution in [3.63, 3.8) is 0 Å². The van der Waals surface area contributed by atoms with E-state index in [2.05, 4.69) is 40.4 Å². The van der Waals surface area contributed by atoms with Crippen LogP contribution in [0.5, 0.6) is 5.75 Å². The molecule has 3 rings (SSSR count). The van der Waals surface area contributed by atoms with Gasteiger partial charge in [-0.25, -0.2) is 4.98 Å². The number of hydrogen-bond acceptors (Lipinski definition) is 5. The molecule has 0 bridgehead atoms. The highest BCUT2D eigenvalue weighted by Crippen LogP contribution is 2.40. The highest BCUT2D eigenvalue weighted by molar-refractivity contribution is 7.13. The summed E-state index contributed by atoms with van der Waals surface area (Å²) >= 11 is 1.48. The number of ether oxygens (including phenoxy) is 1. The van der Waals surface area contributed by atoms with Crippen molar-refractivity contribution in [2.24, 2.45) is 0 Å². The van der Waals surface area contributed by atoms with E-state index in [9.17, 15) is 4.79 Å². The number of nitrogens with one attached hydrogen (secondary N) is 1. The second-order valence-electron chi connectivity index (χ2n) is 6.34. The number of rotatable bonds is 6. The van der Waals surface area contributed by atoms with Crippen LogP contribution in [0.3, 0.4) is 0 Å². The molecule has 1 amide bonds. The van der Waals surface area contributed by atoms with E-state index in [0.29, 0.717) is 17.1 Å². The summed E-state index contributed by atoms with van der Waals surface area (Å²) in [6.07, 6.45) is 2.32. The van der Waals surface area contributed by atoms with Gasteiger partial charge in [-0.05, 0) is 43.5 Å². The molecule has 1 aliphatic carbocycles. The SMILES string of the molecule is COc1cccc(C2CC(N(C)Cc3csc(NC(C)=O)n3)C2)c1. The van der Waals surface area contributed by atoms with Crippen LogP contribution in [0.15, 0.2) is 29.6 Å². The van der Waals surface area contributed by atoms with Crippen molar-refractivity contribution in [3.05, 3.63) is 40.9 Å². The minimum absolute atomic E-state index is 0.0793. The van der Waals surface area contributed by atoms with Gasteiger partial charge in [0.2, 0.25) is 5.91 Å². The molecule has 1 aromatic heterocycles. The molecule has 0 radical (unpaired) electrons. The van der Waals surface area contributed by atoms with Gasteiger partial charge in [-0.2, -0.15) is 0 Å². The topological polar surface area (TPSA) is 54.5 Å². The van der Waals surface area contributed by atoms with Crippen molar-refractivity contribution in [2.45, 2.75) is 38.3 Å². The summed E-state index contributed by atoms with van der Waals surface area (Å²) in [6, 6.07) is 8.95. The molecule has 128 valence electrons. The van der Waals surface area contributed by atoms with E-state index in [4.69, 9.17) is 4.74 Å². The number of carbonyl (C=O) groups is 1. The zero-order chi connectivity index (χ0) is 17.1. The molecule has 1 saturated carbocycles. The molecular weight excluding hydrogens is 322 g/mol. The molecule has 5 nitrogen and oxygen atoms in total. The van der Waals surface area contributed by atoms with Crippen molar-refractivity contribution in [1.82, 2.24) is 9.88 Å². The van der Waals surface area contributed by atoms with Gasteiger partial charge in [0.25, 0.3) is 0 Å². The summed E-state index contributed by atoms with van der Waals surface area (Å²) in [5.41, 5.74) is 2.37. The molecule has 24 heavy (non-hydrogen) atoms. The Morgan fingerprint density at radius 3 is 2.96 bits per heavy atom. The number of hydrogen-bond donors (Lipinski definition) is 1. The molecule has 0 spiro atoms. The highest BCUT2D eigenvalue weighted by atomic mass is 32.1. The average Bonchev–Trinajstić information content (AvgIpc) is 2.92. The monoisotopic (exact) mass is 345 g/mol. The van der Waals surface area contributed by atoms with E-state index in [0.717, 1.165) is 30.8 Å². The predicted octanol–water partition coefficient (Wildman–Crippen LogP) is 3.49. The molecule has 0 saturated heterocycles. The number of amides is 1. The van der Waals surface area contributed by atoms with Crippen LogP contribution >= 0.6 is 11.3 Å². The molecule has 0 aliphatic heterocycles. The summed E-state index contributed by atoms with van der Waals surface area (Å²) in [6.45, 7) is 2.31. The van der Waals surface area contributed by atoms with Crippen LogP contribution in [0.25, 0.3) is 0 Å². The van der Waals surface area contributed by atoms with E-state index in [1.54, 1.807) is 7.11 Å². The first kappa shape index (κ1) is 16.9. The van der Waals surface area contributed by atoms with Crippen molar-refractivity contribution in [2.75, 3.05) is 19.5 Å². The summed E-state index contributed by atoms with van der Waals surface area (Å²) < 4.78 is 5.31. The van der Waals surface area contributed by atoms with Crippen LogP contribution in [0.2, 0.25) is 0 Å². The first-order valence-corrected chi connectivity index (χ1v) is 8.99. The third-order valence-corrected chi connectivity index (χ3v) is 5.35. The van der Waals surface area contributed by atoms with Gasteiger partial charge >= 0.3 is 0 Å². The second-order valence-corrected chi connectivity index (χ2v) is 7.20. The summed E-state index contributed by atoms with van der Waals surface area (Å²) in [7, 11) is 3.85. The molecule has 0 atom stereocenters. The van der Waals surface area contributed by atoms with Crippen molar-refractivity contribution < 1.29 is 9.53 Å².